The summed E-state index contributed by atoms with van der Waals surface area (Å²) in [6, 6.07) is 18.5. The fourth-order valence-corrected chi connectivity index (χ4v) is 3.95. The first kappa shape index (κ1) is 21.6. The third-order valence-corrected chi connectivity index (χ3v) is 5.68. The molecule has 0 saturated heterocycles. The van der Waals surface area contributed by atoms with Crippen molar-refractivity contribution < 1.29 is 14.3 Å². The van der Waals surface area contributed by atoms with Crippen LogP contribution in [0.5, 0.6) is 11.5 Å². The molecule has 8 heteroatoms. The summed E-state index contributed by atoms with van der Waals surface area (Å²) in [6.45, 7) is 0.287. The molecule has 0 aliphatic carbocycles. The van der Waals surface area contributed by atoms with Crippen LogP contribution in [0.4, 0.5) is 5.69 Å². The molecular formula is C26H19ClN4O3. The molecule has 0 spiro atoms. The maximum absolute atomic E-state index is 13.8. The first-order chi connectivity index (χ1) is 16.6. The van der Waals surface area contributed by atoms with Crippen LogP contribution in [0.25, 0.3) is 0 Å². The normalized spacial score (nSPS) is 14.0. The lowest BCUT2D eigenvalue weighted by molar-refractivity contribution is 0.0920. The monoisotopic (exact) mass is 470 g/mol. The zero-order valence-corrected chi connectivity index (χ0v) is 18.6. The second-order valence-electron chi connectivity index (χ2n) is 7.66. The molecule has 2 N–H and O–H groups in total. The van der Waals surface area contributed by atoms with Crippen LogP contribution < -0.4 is 15.4 Å². The van der Waals surface area contributed by atoms with Gasteiger partial charge in [-0.1, -0.05) is 29.8 Å². The Hall–Kier alpha value is -4.23. The number of halogens is 1. The van der Waals surface area contributed by atoms with E-state index in [4.69, 9.17) is 16.3 Å². The summed E-state index contributed by atoms with van der Waals surface area (Å²) in [5, 5.41) is 6.58. The number of nitrogens with zero attached hydrogens (tertiary/aromatic N) is 2. The maximum atomic E-state index is 13.8. The minimum absolute atomic E-state index is 0.0531. The van der Waals surface area contributed by atoms with E-state index in [1.54, 1.807) is 60.9 Å². The fourth-order valence-electron chi connectivity index (χ4n) is 3.78. The van der Waals surface area contributed by atoms with Gasteiger partial charge in [-0.25, -0.2) is 0 Å². The molecule has 3 heterocycles. The molecule has 0 bridgehead atoms. The topological polar surface area (TPSA) is 93.2 Å². The molecular weight excluding hydrogens is 452 g/mol. The van der Waals surface area contributed by atoms with Gasteiger partial charge in [0.05, 0.1) is 11.3 Å². The standard InChI is InChI=1S/C26H19ClN4O3/c27-17-7-8-22-20(14-17)31-23(18-4-1-2-6-21(18)34-22)25(32)19-5-3-11-29-24(19)26(33)30-15-16-9-12-28-13-10-16/h1-14,23,31H,15H2,(H,30,33). The number of pyridine rings is 2. The van der Waals surface area contributed by atoms with Crippen LogP contribution in [0.2, 0.25) is 5.02 Å². The van der Waals surface area contributed by atoms with Crippen molar-refractivity contribution in [3.63, 3.8) is 0 Å². The average Bonchev–Trinajstić information content (AvgIpc) is 3.04. The lowest BCUT2D eigenvalue weighted by atomic mass is 9.95. The van der Waals surface area contributed by atoms with Gasteiger partial charge in [0.25, 0.3) is 5.91 Å². The Morgan fingerprint density at radius 2 is 1.79 bits per heavy atom. The Balaban J connectivity index is 1.49. The number of hydrogen-bond donors (Lipinski definition) is 2. The zero-order valence-electron chi connectivity index (χ0n) is 17.9. The third-order valence-electron chi connectivity index (χ3n) is 5.44. The molecule has 0 saturated carbocycles. The lowest BCUT2D eigenvalue weighted by Gasteiger charge is -2.19. The Bertz CT molecular complexity index is 1380. The molecule has 168 valence electrons. The van der Waals surface area contributed by atoms with Crippen molar-refractivity contribution in [2.24, 2.45) is 0 Å². The number of rotatable bonds is 5. The van der Waals surface area contributed by atoms with E-state index < -0.39 is 11.9 Å². The molecule has 2 aromatic carbocycles. The maximum Gasteiger partial charge on any atom is 0.270 e. The summed E-state index contributed by atoms with van der Waals surface area (Å²) in [6.07, 6.45) is 4.79. The van der Waals surface area contributed by atoms with Crippen molar-refractivity contribution >= 4 is 29.0 Å². The van der Waals surface area contributed by atoms with E-state index in [1.807, 2.05) is 18.2 Å². The van der Waals surface area contributed by atoms with Gasteiger partial charge in [-0.05, 0) is 54.1 Å². The van der Waals surface area contributed by atoms with Crippen LogP contribution >= 0.6 is 11.6 Å². The first-order valence-corrected chi connectivity index (χ1v) is 11.0. The van der Waals surface area contributed by atoms with Gasteiger partial charge in [-0.2, -0.15) is 0 Å². The van der Waals surface area contributed by atoms with E-state index in [2.05, 4.69) is 20.6 Å². The number of nitrogens with one attached hydrogen (secondary N) is 2. The number of hydrogen-bond acceptors (Lipinski definition) is 6. The van der Waals surface area contributed by atoms with Gasteiger partial charge in [-0.3, -0.25) is 19.6 Å². The molecule has 1 aliphatic heterocycles. The molecule has 7 nitrogen and oxygen atoms in total. The summed E-state index contributed by atoms with van der Waals surface area (Å²) in [7, 11) is 0. The first-order valence-electron chi connectivity index (χ1n) is 10.6. The van der Waals surface area contributed by atoms with Crippen LogP contribution in [0.1, 0.15) is 38.0 Å². The Labute approximate surface area is 200 Å². The van der Waals surface area contributed by atoms with Gasteiger partial charge in [0.2, 0.25) is 0 Å². The number of fused-ring (bicyclic) bond motifs is 2. The number of carbonyl (C=O) groups is 2. The van der Waals surface area contributed by atoms with Gasteiger partial charge >= 0.3 is 0 Å². The van der Waals surface area contributed by atoms with E-state index in [9.17, 15) is 9.59 Å². The van der Waals surface area contributed by atoms with Gasteiger partial charge in [-0.15, -0.1) is 0 Å². The lowest BCUT2D eigenvalue weighted by Crippen LogP contribution is -2.28. The summed E-state index contributed by atoms with van der Waals surface area (Å²) in [4.78, 5) is 35.0. The van der Waals surface area contributed by atoms with E-state index in [1.165, 1.54) is 6.20 Å². The molecule has 1 amide bonds. The number of amides is 1. The van der Waals surface area contributed by atoms with Gasteiger partial charge in [0, 0.05) is 35.7 Å². The molecule has 2 aromatic heterocycles. The van der Waals surface area contributed by atoms with Crippen molar-refractivity contribution in [1.29, 1.82) is 0 Å². The van der Waals surface area contributed by atoms with Crippen LogP contribution in [-0.2, 0) is 6.54 Å². The predicted molar refractivity (Wildman–Crippen MR) is 128 cm³/mol. The van der Waals surface area contributed by atoms with Crippen molar-refractivity contribution in [3.8, 4) is 11.5 Å². The van der Waals surface area contributed by atoms with Crippen LogP contribution in [0, 0.1) is 0 Å². The highest BCUT2D eigenvalue weighted by molar-refractivity contribution is 6.31. The summed E-state index contributed by atoms with van der Waals surface area (Å²) < 4.78 is 6.07. The quantitative estimate of drug-likeness (QED) is 0.389. The third kappa shape index (κ3) is 4.33. The smallest absolute Gasteiger partial charge is 0.270 e. The molecule has 34 heavy (non-hydrogen) atoms. The number of ether oxygens (including phenoxy) is 1. The number of ketones is 1. The van der Waals surface area contributed by atoms with E-state index >= 15 is 0 Å². The molecule has 1 unspecified atom stereocenters. The highest BCUT2D eigenvalue weighted by Crippen LogP contribution is 2.42. The predicted octanol–water partition coefficient (Wildman–Crippen LogP) is 5.20. The second kappa shape index (κ2) is 9.33. The average molecular weight is 471 g/mol. The molecule has 0 fully saturated rings. The van der Waals surface area contributed by atoms with Crippen molar-refractivity contribution in [1.82, 2.24) is 15.3 Å². The van der Waals surface area contributed by atoms with E-state index in [0.29, 0.717) is 27.8 Å². The number of benzene rings is 2. The summed E-state index contributed by atoms with van der Waals surface area (Å²) >= 11 is 6.19. The SMILES string of the molecule is O=C(NCc1ccncc1)c1ncccc1C(=O)C1Nc2cc(Cl)ccc2Oc2ccccc21. The van der Waals surface area contributed by atoms with Gasteiger partial charge in [0.15, 0.2) is 11.5 Å². The second-order valence-corrected chi connectivity index (χ2v) is 8.10. The van der Waals surface area contributed by atoms with Crippen LogP contribution in [-0.4, -0.2) is 21.7 Å². The Morgan fingerprint density at radius 1 is 0.971 bits per heavy atom. The van der Waals surface area contributed by atoms with Crippen LogP contribution in [0.15, 0.2) is 85.3 Å². The van der Waals surface area contributed by atoms with Crippen molar-refractivity contribution in [2.75, 3.05) is 5.32 Å². The highest BCUT2D eigenvalue weighted by atomic mass is 35.5. The molecule has 5 rings (SSSR count). The molecule has 4 aromatic rings. The Kier molecular flexibility index (Phi) is 5.93. The van der Waals surface area contributed by atoms with Crippen molar-refractivity contribution in [3.05, 3.63) is 113 Å². The Morgan fingerprint density at radius 3 is 2.65 bits per heavy atom. The fraction of sp³-hybridized carbons (Fsp3) is 0.0769. The number of carbonyl (C=O) groups excluding carboxylic acids is 2. The minimum Gasteiger partial charge on any atom is -0.455 e. The largest absolute Gasteiger partial charge is 0.455 e. The number of para-hydroxylation sites is 1. The van der Waals surface area contributed by atoms with Crippen molar-refractivity contribution in [2.45, 2.75) is 12.6 Å². The van der Waals surface area contributed by atoms with E-state index in [0.717, 1.165) is 5.56 Å². The summed E-state index contributed by atoms with van der Waals surface area (Å²) in [5.74, 6) is 0.337. The molecule has 0 radical (unpaired) electrons. The minimum atomic E-state index is -0.813. The zero-order chi connectivity index (χ0) is 23.5. The number of anilines is 1. The number of aromatic nitrogens is 2. The molecule has 1 atom stereocenters. The summed E-state index contributed by atoms with van der Waals surface area (Å²) in [5.41, 5.74) is 2.36. The number of Topliss-reactive ketones (excluding diaryl/α,β-unsaturated/α-hetero) is 1. The van der Waals surface area contributed by atoms with Crippen LogP contribution in [0.3, 0.4) is 0 Å². The van der Waals surface area contributed by atoms with Gasteiger partial charge < -0.3 is 15.4 Å². The highest BCUT2D eigenvalue weighted by Gasteiger charge is 2.31. The van der Waals surface area contributed by atoms with Gasteiger partial charge in [0.1, 0.15) is 17.5 Å². The van der Waals surface area contributed by atoms with E-state index in [-0.39, 0.29) is 23.6 Å². The molecule has 1 aliphatic rings.